The molecule has 0 aliphatic carbocycles. The zero-order chi connectivity index (χ0) is 60.2. The maximum absolute atomic E-state index is 13.3. The number of unbranched alkanes of at least 4 members (excludes halogenated alkanes) is 19. The van der Waals surface area contributed by atoms with Gasteiger partial charge in [0.15, 0.2) is 12.6 Å². The number of carbonyl (C=O) groups is 1. The quantitative estimate of drug-likeness (QED) is 0.0204. The first-order chi connectivity index (χ1) is 40.6. The van der Waals surface area contributed by atoms with Gasteiger partial charge >= 0.3 is 0 Å². The molecule has 474 valence electrons. The fourth-order valence-corrected chi connectivity index (χ4v) is 9.73. The average Bonchev–Trinajstić information content (AvgIpc) is 3.64. The molecule has 0 radical (unpaired) electrons. The van der Waals surface area contributed by atoms with E-state index in [0.29, 0.717) is 12.8 Å². The van der Waals surface area contributed by atoms with Gasteiger partial charge in [0, 0.05) is 6.42 Å². The summed E-state index contributed by atoms with van der Waals surface area (Å²) >= 11 is 0. The van der Waals surface area contributed by atoms with E-state index in [1.54, 1.807) is 6.08 Å². The van der Waals surface area contributed by atoms with Crippen molar-refractivity contribution in [3.8, 4) is 0 Å². The van der Waals surface area contributed by atoms with Gasteiger partial charge in [-0.15, -0.1) is 0 Å². The highest BCUT2D eigenvalue weighted by molar-refractivity contribution is 5.76. The number of allylic oxidation sites excluding steroid dienone is 19. The summed E-state index contributed by atoms with van der Waals surface area (Å²) in [5.41, 5.74) is 0. The molecule has 2 rings (SSSR count). The SMILES string of the molecule is CC/C=C\C/C=C\C/C=C\C/C=C\C/C=C\C/C=C\C/C=C\C/C=C\CCCCCCCCCCCCC(=O)NC(COC1OC(CO)C(OC2OC(CO)C(O)C(O)C2O)C(O)C1O)C(O)/C=C/CC/C=C/CCCCCCCCCC. The van der Waals surface area contributed by atoms with E-state index in [1.807, 2.05) is 6.08 Å². The molecule has 0 spiro atoms. The summed E-state index contributed by atoms with van der Waals surface area (Å²) in [4.78, 5) is 13.3. The molecule has 1 amide bonds. The molecule has 2 aliphatic rings. The molecule has 2 fully saturated rings. The Hall–Kier alpha value is -3.61. The Kier molecular flexibility index (Phi) is 47.9. The lowest BCUT2D eigenvalue weighted by molar-refractivity contribution is -0.359. The monoisotopic (exact) mass is 1170 g/mol. The second kappa shape index (κ2) is 52.7. The van der Waals surface area contributed by atoms with Crippen LogP contribution in [0.3, 0.4) is 0 Å². The van der Waals surface area contributed by atoms with Crippen LogP contribution >= 0.6 is 0 Å². The maximum atomic E-state index is 13.3. The van der Waals surface area contributed by atoms with Gasteiger partial charge in [-0.1, -0.05) is 232 Å². The Morgan fingerprint density at radius 2 is 0.843 bits per heavy atom. The van der Waals surface area contributed by atoms with E-state index in [0.717, 1.165) is 89.9 Å². The number of hydrogen-bond acceptors (Lipinski definition) is 13. The molecule has 14 heteroatoms. The Morgan fingerprint density at radius 1 is 0.446 bits per heavy atom. The first kappa shape index (κ1) is 75.5. The molecular formula is C69H115NO13. The van der Waals surface area contributed by atoms with Crippen molar-refractivity contribution in [2.45, 2.75) is 286 Å². The molecule has 0 aromatic heterocycles. The van der Waals surface area contributed by atoms with Gasteiger partial charge in [0.1, 0.15) is 48.8 Å². The maximum Gasteiger partial charge on any atom is 0.220 e. The predicted molar refractivity (Wildman–Crippen MR) is 336 cm³/mol. The van der Waals surface area contributed by atoms with Crippen molar-refractivity contribution in [3.63, 3.8) is 0 Å². The second-order valence-corrected chi connectivity index (χ2v) is 22.1. The van der Waals surface area contributed by atoms with E-state index in [1.165, 1.54) is 89.9 Å². The van der Waals surface area contributed by atoms with Crippen LogP contribution in [0, 0.1) is 0 Å². The third-order valence-corrected chi connectivity index (χ3v) is 14.9. The van der Waals surface area contributed by atoms with Crippen LogP contribution in [-0.2, 0) is 23.7 Å². The standard InChI is InChI=1S/C69H115NO13/c1-3-5-7-9-11-13-15-17-19-20-21-22-23-24-25-26-27-28-29-30-31-32-33-34-35-36-37-38-39-41-43-45-47-49-51-53-61(74)70-57(58(73)52-50-48-46-44-42-40-18-16-14-12-10-8-6-4-2)56-80-68-66(79)64(77)67(60(55-72)82-68)83-69-65(78)63(76)62(75)59(54-71)81-69/h5,7,11,13,17,19,21-22,24-25,27-28,30-31,33-34,42,44,50,52,57-60,62-69,71-73,75-79H,3-4,6,8-10,12,14-16,18,20,23,26,29,32,35-41,43,45-49,51,53-56H2,1-2H3,(H,70,74)/b7-5-,13-11-,19-17-,22-21-,25-24-,28-27-,31-30-,34-33-,44-42+,52-50+. The van der Waals surface area contributed by atoms with Crippen LogP contribution in [0.15, 0.2) is 122 Å². The van der Waals surface area contributed by atoms with E-state index in [2.05, 4.69) is 129 Å². The fraction of sp³-hybridized carbons (Fsp3) is 0.696. The van der Waals surface area contributed by atoms with Crippen LogP contribution in [0.1, 0.15) is 213 Å². The van der Waals surface area contributed by atoms with Crippen LogP contribution in [-0.4, -0.2) is 140 Å². The second-order valence-electron chi connectivity index (χ2n) is 22.1. The normalized spacial score (nSPS) is 24.7. The van der Waals surface area contributed by atoms with Crippen LogP contribution < -0.4 is 5.32 Å². The average molecular weight is 1170 g/mol. The number of aliphatic hydroxyl groups is 8. The highest BCUT2D eigenvalue weighted by atomic mass is 16.7. The van der Waals surface area contributed by atoms with E-state index in [-0.39, 0.29) is 18.9 Å². The number of aliphatic hydroxyl groups excluding tert-OH is 8. The molecule has 2 saturated heterocycles. The molecule has 0 aromatic carbocycles. The molecule has 0 saturated carbocycles. The first-order valence-electron chi connectivity index (χ1n) is 32.3. The molecule has 12 atom stereocenters. The van der Waals surface area contributed by atoms with Crippen LogP contribution in [0.5, 0.6) is 0 Å². The summed E-state index contributed by atoms with van der Waals surface area (Å²) < 4.78 is 22.8. The minimum atomic E-state index is -1.80. The predicted octanol–water partition coefficient (Wildman–Crippen LogP) is 12.2. The molecule has 12 unspecified atom stereocenters. The molecule has 9 N–H and O–H groups in total. The van der Waals surface area contributed by atoms with Gasteiger partial charge in [-0.3, -0.25) is 4.79 Å². The molecule has 2 aliphatic heterocycles. The number of hydrogen-bond donors (Lipinski definition) is 9. The Bertz CT molecular complexity index is 1850. The van der Waals surface area contributed by atoms with Gasteiger partial charge in [-0.25, -0.2) is 0 Å². The zero-order valence-corrected chi connectivity index (χ0v) is 51.1. The number of carbonyl (C=O) groups excluding carboxylic acids is 1. The van der Waals surface area contributed by atoms with Gasteiger partial charge in [0.05, 0.1) is 32.0 Å². The molecule has 2 heterocycles. The van der Waals surface area contributed by atoms with Gasteiger partial charge in [0.2, 0.25) is 5.91 Å². The van der Waals surface area contributed by atoms with Crippen LogP contribution in [0.2, 0.25) is 0 Å². The zero-order valence-electron chi connectivity index (χ0n) is 51.1. The summed E-state index contributed by atoms with van der Waals surface area (Å²) in [7, 11) is 0. The van der Waals surface area contributed by atoms with Gasteiger partial charge < -0.3 is 65.1 Å². The van der Waals surface area contributed by atoms with E-state index in [9.17, 15) is 45.6 Å². The molecule has 83 heavy (non-hydrogen) atoms. The number of ether oxygens (including phenoxy) is 4. The summed E-state index contributed by atoms with van der Waals surface area (Å²) in [6.07, 6.45) is 59.6. The van der Waals surface area contributed by atoms with E-state index >= 15 is 0 Å². The lowest BCUT2D eigenvalue weighted by Gasteiger charge is -2.46. The Morgan fingerprint density at radius 3 is 1.33 bits per heavy atom. The van der Waals surface area contributed by atoms with Crippen molar-refractivity contribution < 1.29 is 64.6 Å². The first-order valence-corrected chi connectivity index (χ1v) is 32.3. The van der Waals surface area contributed by atoms with Crippen LogP contribution in [0.25, 0.3) is 0 Å². The fourth-order valence-electron chi connectivity index (χ4n) is 9.73. The highest BCUT2D eigenvalue weighted by Gasteiger charge is 2.51. The molecule has 14 nitrogen and oxygen atoms in total. The lowest BCUT2D eigenvalue weighted by Crippen LogP contribution is -2.65. The summed E-state index contributed by atoms with van der Waals surface area (Å²) in [5, 5.41) is 87.1. The van der Waals surface area contributed by atoms with Gasteiger partial charge in [0.25, 0.3) is 0 Å². The third kappa shape index (κ3) is 37.5. The number of amides is 1. The van der Waals surface area contributed by atoms with Crippen LogP contribution in [0.4, 0.5) is 0 Å². The van der Waals surface area contributed by atoms with E-state index < -0.39 is 86.8 Å². The van der Waals surface area contributed by atoms with Crippen molar-refractivity contribution in [1.82, 2.24) is 5.32 Å². The van der Waals surface area contributed by atoms with Crippen molar-refractivity contribution >= 4 is 5.91 Å². The smallest absolute Gasteiger partial charge is 0.220 e. The largest absolute Gasteiger partial charge is 0.394 e. The third-order valence-electron chi connectivity index (χ3n) is 14.9. The minimum Gasteiger partial charge on any atom is -0.394 e. The highest BCUT2D eigenvalue weighted by Crippen LogP contribution is 2.30. The van der Waals surface area contributed by atoms with Gasteiger partial charge in [-0.2, -0.15) is 0 Å². The summed E-state index contributed by atoms with van der Waals surface area (Å²) in [5.74, 6) is -0.260. The Labute approximate surface area is 501 Å². The topological polar surface area (TPSA) is 228 Å². The summed E-state index contributed by atoms with van der Waals surface area (Å²) in [6, 6.07) is -0.942. The number of rotatable bonds is 50. The van der Waals surface area contributed by atoms with Crippen molar-refractivity contribution in [2.75, 3.05) is 19.8 Å². The lowest BCUT2D eigenvalue weighted by atomic mass is 9.97. The Balaban J connectivity index is 1.67. The molecule has 0 bridgehead atoms. The molecule has 0 aromatic rings. The van der Waals surface area contributed by atoms with E-state index in [4.69, 9.17) is 18.9 Å². The van der Waals surface area contributed by atoms with Crippen molar-refractivity contribution in [1.29, 1.82) is 0 Å². The summed E-state index contributed by atoms with van der Waals surface area (Å²) in [6.45, 7) is 2.64. The van der Waals surface area contributed by atoms with Gasteiger partial charge in [-0.05, 0) is 96.3 Å². The molecular weight excluding hydrogens is 1050 g/mol. The number of nitrogens with one attached hydrogen (secondary N) is 1. The minimum absolute atomic E-state index is 0.260. The van der Waals surface area contributed by atoms with Crippen molar-refractivity contribution in [2.24, 2.45) is 0 Å². The van der Waals surface area contributed by atoms with Crippen molar-refractivity contribution in [3.05, 3.63) is 122 Å².